The predicted molar refractivity (Wildman–Crippen MR) is 94.5 cm³/mol. The first-order valence-electron chi connectivity index (χ1n) is 7.96. The molecule has 0 bridgehead atoms. The summed E-state index contributed by atoms with van der Waals surface area (Å²) in [4.78, 5) is 20.1. The molecule has 27 heavy (non-hydrogen) atoms. The Hall–Kier alpha value is -3.42. The third-order valence-corrected chi connectivity index (χ3v) is 3.82. The minimum absolute atomic E-state index is 0.00700. The lowest BCUT2D eigenvalue weighted by atomic mass is 10.1. The Labute approximate surface area is 153 Å². The highest BCUT2D eigenvalue weighted by Crippen LogP contribution is 2.29. The summed E-state index contributed by atoms with van der Waals surface area (Å²) < 4.78 is 38.2. The van der Waals surface area contributed by atoms with Gasteiger partial charge in [0.15, 0.2) is 0 Å². The van der Waals surface area contributed by atoms with E-state index in [9.17, 15) is 18.0 Å². The van der Waals surface area contributed by atoms with Crippen LogP contribution in [0.1, 0.15) is 21.5 Å². The highest BCUT2D eigenvalue weighted by Gasteiger charge is 2.30. The van der Waals surface area contributed by atoms with E-state index in [0.29, 0.717) is 16.8 Å². The SMILES string of the molecule is Nc1nccc(-c2ccc(C(=O)NCc3cccc(C(F)(F)F)c3)cc2)n1. The van der Waals surface area contributed by atoms with Gasteiger partial charge in [0.05, 0.1) is 11.3 Å². The average molecular weight is 372 g/mol. The lowest BCUT2D eigenvalue weighted by Crippen LogP contribution is -2.23. The molecular formula is C19H15F3N4O. The van der Waals surface area contributed by atoms with Gasteiger partial charge in [0, 0.05) is 23.9 Å². The summed E-state index contributed by atoms with van der Waals surface area (Å²) in [7, 11) is 0. The monoisotopic (exact) mass is 372 g/mol. The van der Waals surface area contributed by atoms with Crippen LogP contribution >= 0.6 is 0 Å². The molecule has 1 amide bonds. The number of aromatic nitrogens is 2. The lowest BCUT2D eigenvalue weighted by molar-refractivity contribution is -0.137. The predicted octanol–water partition coefficient (Wildman–Crippen LogP) is 3.67. The van der Waals surface area contributed by atoms with Crippen molar-refractivity contribution in [3.63, 3.8) is 0 Å². The summed E-state index contributed by atoms with van der Waals surface area (Å²) in [6.07, 6.45) is -2.88. The van der Waals surface area contributed by atoms with Crippen molar-refractivity contribution < 1.29 is 18.0 Å². The number of carbonyl (C=O) groups excluding carboxylic acids is 1. The van der Waals surface area contributed by atoms with Crippen molar-refractivity contribution in [3.05, 3.63) is 77.5 Å². The Morgan fingerprint density at radius 2 is 1.81 bits per heavy atom. The zero-order valence-electron chi connectivity index (χ0n) is 14.0. The zero-order valence-corrected chi connectivity index (χ0v) is 14.0. The molecule has 8 heteroatoms. The number of carbonyl (C=O) groups is 1. The van der Waals surface area contributed by atoms with E-state index in [1.165, 1.54) is 18.3 Å². The van der Waals surface area contributed by atoms with Crippen LogP contribution in [0.25, 0.3) is 11.3 Å². The number of halogens is 3. The van der Waals surface area contributed by atoms with Crippen molar-refractivity contribution in [1.29, 1.82) is 0 Å². The number of benzene rings is 2. The van der Waals surface area contributed by atoms with Gasteiger partial charge >= 0.3 is 6.18 Å². The van der Waals surface area contributed by atoms with Crippen LogP contribution in [0.15, 0.2) is 60.8 Å². The van der Waals surface area contributed by atoms with Gasteiger partial charge in [-0.2, -0.15) is 13.2 Å². The van der Waals surface area contributed by atoms with Crippen LogP contribution in [0, 0.1) is 0 Å². The van der Waals surface area contributed by atoms with E-state index in [0.717, 1.165) is 17.7 Å². The molecule has 3 rings (SSSR count). The normalized spacial score (nSPS) is 11.2. The van der Waals surface area contributed by atoms with Gasteiger partial charge < -0.3 is 11.1 Å². The van der Waals surface area contributed by atoms with Gasteiger partial charge in [0.2, 0.25) is 5.95 Å². The third kappa shape index (κ3) is 4.60. The number of nitrogen functional groups attached to an aromatic ring is 1. The number of hydrogen-bond acceptors (Lipinski definition) is 4. The molecule has 0 atom stereocenters. The van der Waals surface area contributed by atoms with E-state index >= 15 is 0 Å². The average Bonchev–Trinajstić information content (AvgIpc) is 2.66. The summed E-state index contributed by atoms with van der Waals surface area (Å²) in [6.45, 7) is -0.00700. The first-order valence-corrected chi connectivity index (χ1v) is 7.96. The molecule has 0 saturated carbocycles. The van der Waals surface area contributed by atoms with Crippen molar-refractivity contribution in [2.24, 2.45) is 0 Å². The standard InChI is InChI=1S/C19H15F3N4O/c20-19(21,22)15-3-1-2-12(10-15)11-25-17(27)14-6-4-13(5-7-14)16-8-9-24-18(23)26-16/h1-10H,11H2,(H,25,27)(H2,23,24,26). The van der Waals surface area contributed by atoms with Gasteiger partial charge in [-0.25, -0.2) is 9.97 Å². The fourth-order valence-corrected chi connectivity index (χ4v) is 2.47. The molecule has 0 aliphatic heterocycles. The van der Waals surface area contributed by atoms with Crippen LogP contribution in [0.3, 0.4) is 0 Å². The van der Waals surface area contributed by atoms with Crippen LogP contribution in [0.4, 0.5) is 19.1 Å². The quantitative estimate of drug-likeness (QED) is 0.732. The molecular weight excluding hydrogens is 357 g/mol. The number of anilines is 1. The van der Waals surface area contributed by atoms with Gasteiger partial charge in [-0.15, -0.1) is 0 Å². The molecule has 0 radical (unpaired) electrons. The number of amides is 1. The topological polar surface area (TPSA) is 80.9 Å². The number of hydrogen-bond donors (Lipinski definition) is 2. The van der Waals surface area contributed by atoms with E-state index in [2.05, 4.69) is 15.3 Å². The molecule has 1 heterocycles. The number of nitrogens with two attached hydrogens (primary N) is 1. The Balaban J connectivity index is 1.67. The molecule has 1 aromatic heterocycles. The molecule has 3 N–H and O–H groups in total. The first kappa shape index (κ1) is 18.4. The minimum atomic E-state index is -4.42. The molecule has 2 aromatic carbocycles. The van der Waals surface area contributed by atoms with Gasteiger partial charge in [0.1, 0.15) is 0 Å². The Bertz CT molecular complexity index is 956. The second kappa shape index (κ2) is 7.45. The summed E-state index contributed by atoms with van der Waals surface area (Å²) in [5.74, 6) is -0.239. The highest BCUT2D eigenvalue weighted by molar-refractivity contribution is 5.94. The molecule has 0 aliphatic carbocycles. The lowest BCUT2D eigenvalue weighted by Gasteiger charge is -2.10. The maximum absolute atomic E-state index is 12.7. The second-order valence-corrected chi connectivity index (χ2v) is 5.76. The third-order valence-electron chi connectivity index (χ3n) is 3.82. The van der Waals surface area contributed by atoms with Crippen molar-refractivity contribution in [2.75, 3.05) is 5.73 Å². The van der Waals surface area contributed by atoms with Crippen molar-refractivity contribution in [3.8, 4) is 11.3 Å². The fourth-order valence-electron chi connectivity index (χ4n) is 2.47. The Kier molecular flexibility index (Phi) is 5.07. The van der Waals surface area contributed by atoms with Crippen molar-refractivity contribution in [2.45, 2.75) is 12.7 Å². The fraction of sp³-hybridized carbons (Fsp3) is 0.105. The van der Waals surface area contributed by atoms with Crippen LogP contribution in [0.5, 0.6) is 0 Å². The zero-order chi connectivity index (χ0) is 19.4. The van der Waals surface area contributed by atoms with Gasteiger partial charge in [-0.1, -0.05) is 24.3 Å². The molecule has 0 fully saturated rings. The summed E-state index contributed by atoms with van der Waals surface area (Å²) in [5, 5.41) is 2.61. The van der Waals surface area contributed by atoms with Crippen LogP contribution in [0.2, 0.25) is 0 Å². The van der Waals surface area contributed by atoms with Gasteiger partial charge in [-0.3, -0.25) is 4.79 Å². The number of nitrogens with zero attached hydrogens (tertiary/aromatic N) is 2. The van der Waals surface area contributed by atoms with Gasteiger partial charge in [0.25, 0.3) is 5.91 Å². The Morgan fingerprint density at radius 3 is 2.48 bits per heavy atom. The van der Waals surface area contributed by atoms with E-state index in [-0.39, 0.29) is 18.4 Å². The first-order chi connectivity index (χ1) is 12.8. The smallest absolute Gasteiger partial charge is 0.368 e. The van der Waals surface area contributed by atoms with Crippen molar-refractivity contribution >= 4 is 11.9 Å². The molecule has 0 spiro atoms. The number of nitrogens with one attached hydrogen (secondary N) is 1. The van der Waals surface area contributed by atoms with Gasteiger partial charge in [-0.05, 0) is 35.9 Å². The summed E-state index contributed by atoms with van der Waals surface area (Å²) >= 11 is 0. The number of rotatable bonds is 4. The van der Waals surface area contributed by atoms with Crippen LogP contribution in [-0.4, -0.2) is 15.9 Å². The summed E-state index contributed by atoms with van der Waals surface area (Å²) in [6, 6.07) is 13.2. The molecule has 3 aromatic rings. The largest absolute Gasteiger partial charge is 0.416 e. The summed E-state index contributed by atoms with van der Waals surface area (Å²) in [5.41, 5.74) is 6.94. The molecule has 138 valence electrons. The molecule has 0 saturated heterocycles. The number of alkyl halides is 3. The maximum atomic E-state index is 12.7. The van der Waals surface area contributed by atoms with Crippen LogP contribution in [-0.2, 0) is 12.7 Å². The molecule has 0 unspecified atom stereocenters. The maximum Gasteiger partial charge on any atom is 0.416 e. The van der Waals surface area contributed by atoms with E-state index < -0.39 is 11.7 Å². The Morgan fingerprint density at radius 1 is 1.07 bits per heavy atom. The van der Waals surface area contributed by atoms with Crippen LogP contribution < -0.4 is 11.1 Å². The molecule has 5 nitrogen and oxygen atoms in total. The van der Waals surface area contributed by atoms with Crippen molar-refractivity contribution in [1.82, 2.24) is 15.3 Å². The second-order valence-electron chi connectivity index (χ2n) is 5.76. The highest BCUT2D eigenvalue weighted by atomic mass is 19.4. The van der Waals surface area contributed by atoms with E-state index in [4.69, 9.17) is 5.73 Å². The minimum Gasteiger partial charge on any atom is -0.368 e. The molecule has 0 aliphatic rings. The van der Waals surface area contributed by atoms with E-state index in [1.807, 2.05) is 0 Å². The van der Waals surface area contributed by atoms with E-state index in [1.54, 1.807) is 30.3 Å².